The number of fused-ring (bicyclic) bond motifs is 1. The van der Waals surface area contributed by atoms with Gasteiger partial charge in [-0.05, 0) is 43.9 Å². The van der Waals surface area contributed by atoms with Gasteiger partial charge in [0.25, 0.3) is 0 Å². The summed E-state index contributed by atoms with van der Waals surface area (Å²) in [6.45, 7) is 5.70. The van der Waals surface area contributed by atoms with Gasteiger partial charge < -0.3 is 9.32 Å². The molecule has 1 aliphatic heterocycles. The SMILES string of the molecule is Cc1ccc2c(CC(=O)N3CCCC(c4[nH]ncc4C)C3)coc2c1. The van der Waals surface area contributed by atoms with E-state index >= 15 is 0 Å². The van der Waals surface area contributed by atoms with Gasteiger partial charge in [0, 0.05) is 35.7 Å². The van der Waals surface area contributed by atoms with Gasteiger partial charge in [-0.1, -0.05) is 12.1 Å². The van der Waals surface area contributed by atoms with Crippen LogP contribution >= 0.6 is 0 Å². The average Bonchev–Trinajstić information content (AvgIpc) is 3.21. The zero-order chi connectivity index (χ0) is 17.4. The molecule has 1 saturated heterocycles. The van der Waals surface area contributed by atoms with E-state index in [0.717, 1.165) is 48.0 Å². The van der Waals surface area contributed by atoms with Crippen LogP contribution in [0.1, 0.15) is 41.1 Å². The summed E-state index contributed by atoms with van der Waals surface area (Å²) in [6.07, 6.45) is 6.10. The Morgan fingerprint density at radius 3 is 3.08 bits per heavy atom. The lowest BCUT2D eigenvalue weighted by Crippen LogP contribution is -2.40. The monoisotopic (exact) mass is 337 g/mol. The molecule has 0 saturated carbocycles. The van der Waals surface area contributed by atoms with Gasteiger partial charge in [0.2, 0.25) is 5.91 Å². The molecular weight excluding hydrogens is 314 g/mol. The molecule has 1 atom stereocenters. The number of aromatic nitrogens is 2. The number of carbonyl (C=O) groups is 1. The maximum absolute atomic E-state index is 12.8. The Hall–Kier alpha value is -2.56. The van der Waals surface area contributed by atoms with Gasteiger partial charge in [-0.2, -0.15) is 5.10 Å². The topological polar surface area (TPSA) is 62.1 Å². The largest absolute Gasteiger partial charge is 0.464 e. The summed E-state index contributed by atoms with van der Waals surface area (Å²) in [7, 11) is 0. The summed E-state index contributed by atoms with van der Waals surface area (Å²) >= 11 is 0. The molecule has 0 radical (unpaired) electrons. The van der Waals surface area contributed by atoms with Crippen LogP contribution in [0.5, 0.6) is 0 Å². The van der Waals surface area contributed by atoms with E-state index in [2.05, 4.69) is 23.2 Å². The van der Waals surface area contributed by atoms with E-state index in [4.69, 9.17) is 4.42 Å². The van der Waals surface area contributed by atoms with Crippen molar-refractivity contribution in [3.05, 3.63) is 53.0 Å². The first-order valence-corrected chi connectivity index (χ1v) is 8.86. The van der Waals surface area contributed by atoms with Crippen LogP contribution < -0.4 is 0 Å². The van der Waals surface area contributed by atoms with Crippen molar-refractivity contribution >= 4 is 16.9 Å². The molecule has 5 nitrogen and oxygen atoms in total. The number of rotatable bonds is 3. The van der Waals surface area contributed by atoms with Crippen molar-refractivity contribution in [2.75, 3.05) is 13.1 Å². The van der Waals surface area contributed by atoms with E-state index in [-0.39, 0.29) is 5.91 Å². The molecule has 1 aliphatic rings. The smallest absolute Gasteiger partial charge is 0.227 e. The minimum absolute atomic E-state index is 0.171. The molecule has 3 aromatic rings. The number of H-pyrrole nitrogens is 1. The van der Waals surface area contributed by atoms with Gasteiger partial charge in [-0.25, -0.2) is 0 Å². The Bertz CT molecular complexity index is 909. The minimum Gasteiger partial charge on any atom is -0.464 e. The second kappa shape index (κ2) is 6.39. The van der Waals surface area contributed by atoms with Crippen LogP contribution in [0, 0.1) is 13.8 Å². The average molecular weight is 337 g/mol. The van der Waals surface area contributed by atoms with E-state index < -0.39 is 0 Å². The maximum Gasteiger partial charge on any atom is 0.227 e. The van der Waals surface area contributed by atoms with Crippen molar-refractivity contribution < 1.29 is 9.21 Å². The number of aryl methyl sites for hydroxylation is 2. The van der Waals surface area contributed by atoms with Crippen molar-refractivity contribution in [3.63, 3.8) is 0 Å². The Morgan fingerprint density at radius 1 is 1.40 bits per heavy atom. The van der Waals surface area contributed by atoms with E-state index in [0.29, 0.717) is 12.3 Å². The van der Waals surface area contributed by atoms with E-state index in [1.54, 1.807) is 6.26 Å². The molecule has 2 aromatic heterocycles. The normalized spacial score (nSPS) is 18.0. The number of nitrogens with zero attached hydrogens (tertiary/aromatic N) is 2. The molecule has 1 N–H and O–H groups in total. The standard InChI is InChI=1S/C20H23N3O2/c1-13-5-6-17-16(12-25-18(17)8-13)9-19(24)23-7-3-4-15(11-23)20-14(2)10-21-22-20/h5-6,8,10,12,15H,3-4,7,9,11H2,1-2H3,(H,21,22). The zero-order valence-electron chi connectivity index (χ0n) is 14.7. The van der Waals surface area contributed by atoms with Gasteiger partial charge in [0.15, 0.2) is 0 Å². The van der Waals surface area contributed by atoms with Crippen LogP contribution in [-0.4, -0.2) is 34.1 Å². The fourth-order valence-corrected chi connectivity index (χ4v) is 3.81. The van der Waals surface area contributed by atoms with Gasteiger partial charge in [-0.3, -0.25) is 9.89 Å². The Morgan fingerprint density at radius 2 is 2.28 bits per heavy atom. The van der Waals surface area contributed by atoms with Crippen molar-refractivity contribution in [1.82, 2.24) is 15.1 Å². The fourth-order valence-electron chi connectivity index (χ4n) is 3.81. The Labute approximate surface area is 147 Å². The van der Waals surface area contributed by atoms with E-state index in [1.807, 2.05) is 30.2 Å². The van der Waals surface area contributed by atoms with Crippen LogP contribution in [0.25, 0.3) is 11.0 Å². The van der Waals surface area contributed by atoms with Gasteiger partial charge >= 0.3 is 0 Å². The minimum atomic E-state index is 0.171. The number of carbonyl (C=O) groups excluding carboxylic acids is 1. The second-order valence-electron chi connectivity index (χ2n) is 7.08. The van der Waals surface area contributed by atoms with Gasteiger partial charge in [-0.15, -0.1) is 0 Å². The Balaban J connectivity index is 1.49. The third kappa shape index (κ3) is 3.06. The van der Waals surface area contributed by atoms with Crippen molar-refractivity contribution in [1.29, 1.82) is 0 Å². The molecular formula is C20H23N3O2. The molecule has 1 amide bonds. The number of nitrogens with one attached hydrogen (secondary N) is 1. The summed E-state index contributed by atoms with van der Waals surface area (Å²) in [5.74, 6) is 0.522. The number of benzene rings is 1. The van der Waals surface area contributed by atoms with Crippen molar-refractivity contribution in [2.45, 2.75) is 39.0 Å². The highest BCUT2D eigenvalue weighted by molar-refractivity contribution is 5.88. The lowest BCUT2D eigenvalue weighted by atomic mass is 9.92. The quantitative estimate of drug-likeness (QED) is 0.792. The van der Waals surface area contributed by atoms with Gasteiger partial charge in [0.1, 0.15) is 5.58 Å². The third-order valence-electron chi connectivity index (χ3n) is 5.20. The summed E-state index contributed by atoms with van der Waals surface area (Å²) < 4.78 is 5.63. The van der Waals surface area contributed by atoms with Gasteiger partial charge in [0.05, 0.1) is 18.9 Å². The molecule has 0 bridgehead atoms. The highest BCUT2D eigenvalue weighted by Gasteiger charge is 2.27. The zero-order valence-corrected chi connectivity index (χ0v) is 14.7. The van der Waals surface area contributed by atoms with E-state index in [1.165, 1.54) is 11.3 Å². The lowest BCUT2D eigenvalue weighted by Gasteiger charge is -2.32. The summed E-state index contributed by atoms with van der Waals surface area (Å²) in [5, 5.41) is 8.27. The van der Waals surface area contributed by atoms with Crippen molar-refractivity contribution in [3.8, 4) is 0 Å². The predicted molar refractivity (Wildman–Crippen MR) is 96.5 cm³/mol. The number of hydrogen-bond donors (Lipinski definition) is 1. The molecule has 1 aromatic carbocycles. The number of amides is 1. The van der Waals surface area contributed by atoms with Crippen LogP contribution in [0.4, 0.5) is 0 Å². The Kier molecular flexibility index (Phi) is 4.07. The number of hydrogen-bond acceptors (Lipinski definition) is 3. The third-order valence-corrected chi connectivity index (χ3v) is 5.20. The van der Waals surface area contributed by atoms with Crippen LogP contribution in [0.3, 0.4) is 0 Å². The molecule has 0 spiro atoms. The number of furan rings is 1. The van der Waals surface area contributed by atoms with Crippen molar-refractivity contribution in [2.24, 2.45) is 0 Å². The first-order chi connectivity index (χ1) is 12.1. The molecule has 5 heteroatoms. The number of aromatic amines is 1. The molecule has 4 rings (SSSR count). The number of piperidine rings is 1. The summed E-state index contributed by atoms with van der Waals surface area (Å²) in [6, 6.07) is 6.12. The van der Waals surface area contributed by atoms with Crippen LogP contribution in [-0.2, 0) is 11.2 Å². The molecule has 3 heterocycles. The second-order valence-corrected chi connectivity index (χ2v) is 7.08. The molecule has 0 aliphatic carbocycles. The lowest BCUT2D eigenvalue weighted by molar-refractivity contribution is -0.131. The maximum atomic E-state index is 12.8. The summed E-state index contributed by atoms with van der Waals surface area (Å²) in [4.78, 5) is 14.8. The van der Waals surface area contributed by atoms with Crippen LogP contribution in [0.15, 0.2) is 35.1 Å². The van der Waals surface area contributed by atoms with E-state index in [9.17, 15) is 4.79 Å². The molecule has 25 heavy (non-hydrogen) atoms. The molecule has 1 fully saturated rings. The fraction of sp³-hybridized carbons (Fsp3) is 0.400. The van der Waals surface area contributed by atoms with Crippen LogP contribution in [0.2, 0.25) is 0 Å². The highest BCUT2D eigenvalue weighted by atomic mass is 16.3. The predicted octanol–water partition coefficient (Wildman–Crippen LogP) is 3.72. The molecule has 130 valence electrons. The molecule has 1 unspecified atom stereocenters. The highest BCUT2D eigenvalue weighted by Crippen LogP contribution is 2.28. The first-order valence-electron chi connectivity index (χ1n) is 8.86. The number of likely N-dealkylation sites (tertiary alicyclic amines) is 1. The first kappa shape index (κ1) is 15.9. The summed E-state index contributed by atoms with van der Waals surface area (Å²) in [5.41, 5.74) is 5.33.